The van der Waals surface area contributed by atoms with E-state index in [1.165, 1.54) is 24.3 Å². The van der Waals surface area contributed by atoms with Gasteiger partial charge in [-0.3, -0.25) is 4.79 Å². The molecule has 1 aromatic heterocycles. The van der Waals surface area contributed by atoms with Gasteiger partial charge in [-0.15, -0.1) is 10.2 Å². The number of ether oxygens (including phenoxy) is 2. The van der Waals surface area contributed by atoms with Crippen LogP contribution in [0.25, 0.3) is 11.3 Å². The second kappa shape index (κ2) is 9.04. The Morgan fingerprint density at radius 2 is 1.61 bits per heavy atom. The maximum absolute atomic E-state index is 13.0. The van der Waals surface area contributed by atoms with Crippen molar-refractivity contribution < 1.29 is 18.7 Å². The van der Waals surface area contributed by atoms with Gasteiger partial charge in [0.1, 0.15) is 17.3 Å². The van der Waals surface area contributed by atoms with E-state index >= 15 is 0 Å². The van der Waals surface area contributed by atoms with Crippen LogP contribution in [-0.4, -0.2) is 23.2 Å². The van der Waals surface area contributed by atoms with Crippen molar-refractivity contribution in [2.24, 2.45) is 0 Å². The third kappa shape index (κ3) is 5.02. The van der Waals surface area contributed by atoms with Crippen molar-refractivity contribution in [3.63, 3.8) is 0 Å². The van der Waals surface area contributed by atoms with E-state index < -0.39 is 0 Å². The molecule has 0 fully saturated rings. The number of anilines is 1. The van der Waals surface area contributed by atoms with Crippen molar-refractivity contribution >= 4 is 11.6 Å². The third-order valence-electron chi connectivity index (χ3n) is 4.44. The SMILES string of the molecule is COc1ccc(Oc2ccc(-c3cccc(C(=O)Nc4ccc(F)cc4)c3)nn2)cc1. The predicted octanol–water partition coefficient (Wildman–Crippen LogP) is 5.34. The van der Waals surface area contributed by atoms with Crippen LogP contribution in [0.2, 0.25) is 0 Å². The largest absolute Gasteiger partial charge is 0.497 e. The molecule has 0 aliphatic heterocycles. The molecule has 0 unspecified atom stereocenters. The van der Waals surface area contributed by atoms with Gasteiger partial charge in [-0.05, 0) is 66.7 Å². The van der Waals surface area contributed by atoms with Crippen LogP contribution in [-0.2, 0) is 0 Å². The Morgan fingerprint density at radius 3 is 2.29 bits per heavy atom. The van der Waals surface area contributed by atoms with Crippen molar-refractivity contribution in [1.82, 2.24) is 10.2 Å². The first kappa shape index (κ1) is 20.0. The van der Waals surface area contributed by atoms with Gasteiger partial charge in [-0.25, -0.2) is 4.39 Å². The van der Waals surface area contributed by atoms with Crippen LogP contribution in [0.1, 0.15) is 10.4 Å². The molecule has 7 heteroatoms. The molecule has 1 amide bonds. The zero-order valence-corrected chi connectivity index (χ0v) is 16.6. The first-order valence-corrected chi connectivity index (χ1v) is 9.44. The molecule has 0 radical (unpaired) electrons. The van der Waals surface area contributed by atoms with Gasteiger partial charge in [0, 0.05) is 22.9 Å². The van der Waals surface area contributed by atoms with Crippen LogP contribution in [0.4, 0.5) is 10.1 Å². The molecule has 4 rings (SSSR count). The van der Waals surface area contributed by atoms with E-state index in [1.54, 1.807) is 61.7 Å². The number of carbonyl (C=O) groups excluding carboxylic acids is 1. The number of rotatable bonds is 6. The predicted molar refractivity (Wildman–Crippen MR) is 115 cm³/mol. The minimum absolute atomic E-state index is 0.305. The molecule has 0 atom stereocenters. The van der Waals surface area contributed by atoms with Crippen molar-refractivity contribution in [3.05, 3.63) is 96.3 Å². The second-order valence-electron chi connectivity index (χ2n) is 6.58. The van der Waals surface area contributed by atoms with Crippen LogP contribution in [0, 0.1) is 5.82 Å². The third-order valence-corrected chi connectivity index (χ3v) is 4.44. The molecule has 0 spiro atoms. The van der Waals surface area contributed by atoms with E-state index in [2.05, 4.69) is 15.5 Å². The monoisotopic (exact) mass is 415 g/mol. The number of carbonyl (C=O) groups is 1. The quantitative estimate of drug-likeness (QED) is 0.460. The summed E-state index contributed by atoms with van der Waals surface area (Å²) in [7, 11) is 1.60. The highest BCUT2D eigenvalue weighted by Crippen LogP contribution is 2.24. The van der Waals surface area contributed by atoms with Crippen LogP contribution in [0.15, 0.2) is 84.9 Å². The summed E-state index contributed by atoms with van der Waals surface area (Å²) in [5.41, 5.74) is 2.28. The molecule has 31 heavy (non-hydrogen) atoms. The van der Waals surface area contributed by atoms with Crippen LogP contribution >= 0.6 is 0 Å². The minimum atomic E-state index is -0.363. The topological polar surface area (TPSA) is 73.3 Å². The highest BCUT2D eigenvalue weighted by Gasteiger charge is 2.09. The van der Waals surface area contributed by atoms with Gasteiger partial charge in [0.15, 0.2) is 0 Å². The summed E-state index contributed by atoms with van der Waals surface area (Å²) in [6, 6.07) is 23.2. The van der Waals surface area contributed by atoms with Gasteiger partial charge >= 0.3 is 0 Å². The Labute approximate surface area is 178 Å². The van der Waals surface area contributed by atoms with Gasteiger partial charge in [0.25, 0.3) is 5.91 Å². The number of methoxy groups -OCH3 is 1. The number of aromatic nitrogens is 2. The van der Waals surface area contributed by atoms with Crippen molar-refractivity contribution in [3.8, 4) is 28.6 Å². The van der Waals surface area contributed by atoms with E-state index in [4.69, 9.17) is 9.47 Å². The van der Waals surface area contributed by atoms with Crippen molar-refractivity contribution in [2.45, 2.75) is 0 Å². The standard InChI is InChI=1S/C24H18FN3O3/c1-30-20-9-11-21(12-10-20)31-23-14-13-22(27-28-23)16-3-2-4-17(15-16)24(29)26-19-7-5-18(25)6-8-19/h2-15H,1H3,(H,26,29). The molecule has 0 aliphatic carbocycles. The molecular formula is C24H18FN3O3. The number of benzene rings is 3. The number of amides is 1. The van der Waals surface area contributed by atoms with Crippen molar-refractivity contribution in [2.75, 3.05) is 12.4 Å². The molecule has 0 bridgehead atoms. The van der Waals surface area contributed by atoms with Crippen LogP contribution < -0.4 is 14.8 Å². The lowest BCUT2D eigenvalue weighted by atomic mass is 10.1. The highest BCUT2D eigenvalue weighted by molar-refractivity contribution is 6.04. The summed E-state index contributed by atoms with van der Waals surface area (Å²) in [5, 5.41) is 11.0. The Hall–Kier alpha value is -4.26. The van der Waals surface area contributed by atoms with E-state index in [9.17, 15) is 9.18 Å². The van der Waals surface area contributed by atoms with Gasteiger partial charge in [-0.1, -0.05) is 12.1 Å². The average molecular weight is 415 g/mol. The van der Waals surface area contributed by atoms with Crippen molar-refractivity contribution in [1.29, 1.82) is 0 Å². The number of nitrogens with one attached hydrogen (secondary N) is 1. The molecule has 1 N–H and O–H groups in total. The molecule has 6 nitrogen and oxygen atoms in total. The molecule has 0 saturated heterocycles. The molecule has 154 valence electrons. The second-order valence-corrected chi connectivity index (χ2v) is 6.58. The lowest BCUT2D eigenvalue weighted by Crippen LogP contribution is -2.11. The Kier molecular flexibility index (Phi) is 5.84. The summed E-state index contributed by atoms with van der Waals surface area (Å²) in [6.45, 7) is 0. The van der Waals surface area contributed by atoms with Gasteiger partial charge in [0.05, 0.1) is 12.8 Å². The summed E-state index contributed by atoms with van der Waals surface area (Å²) in [6.07, 6.45) is 0. The molecule has 1 heterocycles. The molecular weight excluding hydrogens is 397 g/mol. The fourth-order valence-electron chi connectivity index (χ4n) is 2.85. The lowest BCUT2D eigenvalue weighted by Gasteiger charge is -2.08. The summed E-state index contributed by atoms with van der Waals surface area (Å²) >= 11 is 0. The lowest BCUT2D eigenvalue weighted by molar-refractivity contribution is 0.102. The van der Waals surface area contributed by atoms with Gasteiger partial charge < -0.3 is 14.8 Å². The summed E-state index contributed by atoms with van der Waals surface area (Å²) in [5.74, 6) is 1.03. The molecule has 0 aliphatic rings. The molecule has 4 aromatic rings. The Bertz CT molecular complexity index is 1180. The van der Waals surface area contributed by atoms with Crippen LogP contribution in [0.5, 0.6) is 17.4 Å². The van der Waals surface area contributed by atoms with E-state index in [0.29, 0.717) is 28.6 Å². The van der Waals surface area contributed by atoms with Gasteiger partial charge in [0.2, 0.25) is 5.88 Å². The van der Waals surface area contributed by atoms with E-state index in [0.717, 1.165) is 11.3 Å². The van der Waals surface area contributed by atoms with E-state index in [1.807, 2.05) is 6.07 Å². The maximum Gasteiger partial charge on any atom is 0.255 e. The Morgan fingerprint density at radius 1 is 0.871 bits per heavy atom. The normalized spacial score (nSPS) is 10.4. The maximum atomic E-state index is 13.0. The number of hydrogen-bond acceptors (Lipinski definition) is 5. The summed E-state index contributed by atoms with van der Waals surface area (Å²) < 4.78 is 23.8. The first-order chi connectivity index (χ1) is 15.1. The average Bonchev–Trinajstić information content (AvgIpc) is 2.81. The minimum Gasteiger partial charge on any atom is -0.497 e. The van der Waals surface area contributed by atoms with E-state index in [-0.39, 0.29) is 11.7 Å². The van der Waals surface area contributed by atoms with Gasteiger partial charge in [-0.2, -0.15) is 0 Å². The smallest absolute Gasteiger partial charge is 0.255 e. The first-order valence-electron chi connectivity index (χ1n) is 9.44. The fourth-order valence-corrected chi connectivity index (χ4v) is 2.85. The zero-order chi connectivity index (χ0) is 21.6. The molecule has 0 saturated carbocycles. The zero-order valence-electron chi connectivity index (χ0n) is 16.6. The Balaban J connectivity index is 1.46. The van der Waals surface area contributed by atoms with Crippen LogP contribution in [0.3, 0.4) is 0 Å². The highest BCUT2D eigenvalue weighted by atomic mass is 19.1. The summed E-state index contributed by atoms with van der Waals surface area (Å²) in [4.78, 5) is 12.5. The fraction of sp³-hybridized carbons (Fsp3) is 0.0417. The number of hydrogen-bond donors (Lipinski definition) is 1. The number of nitrogens with zero attached hydrogens (tertiary/aromatic N) is 2. The molecule has 3 aromatic carbocycles. The number of halogens is 1.